The summed E-state index contributed by atoms with van der Waals surface area (Å²) in [5, 5.41) is 6.35. The van der Waals surface area contributed by atoms with Crippen molar-refractivity contribution in [2.24, 2.45) is 0 Å². The maximum Gasteiger partial charge on any atom is 0.240 e. The average molecular weight is 397 g/mol. The van der Waals surface area contributed by atoms with Gasteiger partial charge in [-0.3, -0.25) is 4.68 Å². The van der Waals surface area contributed by atoms with Gasteiger partial charge in [-0.2, -0.15) is 5.10 Å². The standard InChI is InChI=1S/C17H17F2N3O2S2/c1-11-8-12(2)22(21-11)16(17-4-3-7-25-17)10-20-26(23,24)13-5-6-14(18)15(19)9-13/h3-9,16,20H,10H2,1-2H3. The largest absolute Gasteiger partial charge is 0.260 e. The van der Waals surface area contributed by atoms with Gasteiger partial charge in [0.2, 0.25) is 10.0 Å². The van der Waals surface area contributed by atoms with Crippen molar-refractivity contribution in [2.45, 2.75) is 24.8 Å². The van der Waals surface area contributed by atoms with E-state index in [1.807, 2.05) is 37.4 Å². The van der Waals surface area contributed by atoms with E-state index in [2.05, 4.69) is 9.82 Å². The molecule has 0 aliphatic rings. The van der Waals surface area contributed by atoms with Crippen molar-refractivity contribution in [1.29, 1.82) is 0 Å². The molecule has 2 aromatic heterocycles. The van der Waals surface area contributed by atoms with Crippen molar-refractivity contribution < 1.29 is 17.2 Å². The molecule has 0 bridgehead atoms. The highest BCUT2D eigenvalue weighted by molar-refractivity contribution is 7.89. The maximum absolute atomic E-state index is 13.4. The predicted molar refractivity (Wildman–Crippen MR) is 95.7 cm³/mol. The second-order valence-electron chi connectivity index (χ2n) is 5.83. The van der Waals surface area contributed by atoms with Crippen LogP contribution in [-0.2, 0) is 10.0 Å². The predicted octanol–water partition coefficient (Wildman–Crippen LogP) is 3.41. The van der Waals surface area contributed by atoms with Gasteiger partial charge in [-0.05, 0) is 49.6 Å². The fourth-order valence-corrected chi connectivity index (χ4v) is 4.53. The molecule has 3 aromatic rings. The number of halogens is 2. The normalized spacial score (nSPS) is 13.1. The molecule has 0 radical (unpaired) electrons. The molecule has 0 fully saturated rings. The third-order valence-corrected chi connectivity index (χ3v) is 6.27. The molecule has 5 nitrogen and oxygen atoms in total. The van der Waals surface area contributed by atoms with Crippen LogP contribution < -0.4 is 4.72 Å². The molecule has 0 spiro atoms. The van der Waals surface area contributed by atoms with E-state index in [4.69, 9.17) is 0 Å². The van der Waals surface area contributed by atoms with Crippen LogP contribution in [0.15, 0.2) is 46.7 Å². The van der Waals surface area contributed by atoms with Crippen LogP contribution in [0.3, 0.4) is 0 Å². The molecule has 0 aliphatic heterocycles. The Balaban J connectivity index is 1.88. The summed E-state index contributed by atoms with van der Waals surface area (Å²) in [5.41, 5.74) is 1.72. The summed E-state index contributed by atoms with van der Waals surface area (Å²) in [6, 6.07) is 7.83. The molecule has 138 valence electrons. The van der Waals surface area contributed by atoms with Gasteiger partial charge in [0.1, 0.15) is 0 Å². The van der Waals surface area contributed by atoms with Crippen LogP contribution >= 0.6 is 11.3 Å². The summed E-state index contributed by atoms with van der Waals surface area (Å²) in [6.07, 6.45) is 0. The van der Waals surface area contributed by atoms with Crippen LogP contribution in [0.2, 0.25) is 0 Å². The molecule has 1 atom stereocenters. The fraction of sp³-hybridized carbons (Fsp3) is 0.235. The Kier molecular flexibility index (Phi) is 5.22. The van der Waals surface area contributed by atoms with Gasteiger partial charge in [-0.1, -0.05) is 6.07 Å². The van der Waals surface area contributed by atoms with Crippen molar-refractivity contribution in [1.82, 2.24) is 14.5 Å². The first-order valence-corrected chi connectivity index (χ1v) is 10.1. The molecular weight excluding hydrogens is 380 g/mol. The summed E-state index contributed by atoms with van der Waals surface area (Å²) in [7, 11) is -3.99. The number of thiophene rings is 1. The molecule has 1 unspecified atom stereocenters. The second kappa shape index (κ2) is 7.26. The number of aromatic nitrogens is 2. The summed E-state index contributed by atoms with van der Waals surface area (Å²) >= 11 is 1.49. The summed E-state index contributed by atoms with van der Waals surface area (Å²) < 4.78 is 55.6. The molecule has 0 aliphatic carbocycles. The average Bonchev–Trinajstić information content (AvgIpc) is 3.20. The van der Waals surface area contributed by atoms with Crippen molar-refractivity contribution in [3.63, 3.8) is 0 Å². The van der Waals surface area contributed by atoms with Crippen LogP contribution in [0.4, 0.5) is 8.78 Å². The maximum atomic E-state index is 13.4. The quantitative estimate of drug-likeness (QED) is 0.693. The zero-order valence-corrected chi connectivity index (χ0v) is 15.7. The van der Waals surface area contributed by atoms with E-state index in [0.717, 1.165) is 28.4 Å². The Hall–Kier alpha value is -2.10. The van der Waals surface area contributed by atoms with Crippen LogP contribution in [-0.4, -0.2) is 24.7 Å². The Morgan fingerprint density at radius 1 is 1.19 bits per heavy atom. The van der Waals surface area contributed by atoms with Crippen molar-refractivity contribution in [3.05, 3.63) is 69.7 Å². The number of nitrogens with zero attached hydrogens (tertiary/aromatic N) is 2. The Morgan fingerprint density at radius 2 is 1.96 bits per heavy atom. The first-order valence-electron chi connectivity index (χ1n) is 7.79. The number of hydrogen-bond donors (Lipinski definition) is 1. The summed E-state index contributed by atoms with van der Waals surface area (Å²) in [4.78, 5) is 0.610. The summed E-state index contributed by atoms with van der Waals surface area (Å²) in [5.74, 6) is -2.30. The number of hydrogen-bond acceptors (Lipinski definition) is 4. The highest BCUT2D eigenvalue weighted by Crippen LogP contribution is 2.25. The van der Waals surface area contributed by atoms with Crippen molar-refractivity contribution >= 4 is 21.4 Å². The second-order valence-corrected chi connectivity index (χ2v) is 8.58. The van der Waals surface area contributed by atoms with Gasteiger partial charge in [0.05, 0.1) is 16.6 Å². The van der Waals surface area contributed by atoms with Crippen LogP contribution in [0.1, 0.15) is 22.3 Å². The Labute approximate surface area is 154 Å². The minimum Gasteiger partial charge on any atom is -0.260 e. The Morgan fingerprint density at radius 3 is 2.54 bits per heavy atom. The van der Waals surface area contributed by atoms with Gasteiger partial charge in [0.15, 0.2) is 11.6 Å². The van der Waals surface area contributed by atoms with Crippen molar-refractivity contribution in [2.75, 3.05) is 6.54 Å². The summed E-state index contributed by atoms with van der Waals surface area (Å²) in [6.45, 7) is 3.79. The zero-order chi connectivity index (χ0) is 18.9. The van der Waals surface area contributed by atoms with Gasteiger partial charge >= 0.3 is 0 Å². The van der Waals surface area contributed by atoms with Gasteiger partial charge in [-0.15, -0.1) is 11.3 Å². The number of aryl methyl sites for hydroxylation is 2. The molecule has 26 heavy (non-hydrogen) atoms. The first-order chi connectivity index (χ1) is 12.3. The molecule has 1 N–H and O–H groups in total. The molecule has 0 saturated carbocycles. The molecular formula is C17H17F2N3O2S2. The van der Waals surface area contributed by atoms with E-state index >= 15 is 0 Å². The number of benzene rings is 1. The van der Waals surface area contributed by atoms with Crippen LogP contribution in [0.5, 0.6) is 0 Å². The zero-order valence-electron chi connectivity index (χ0n) is 14.1. The lowest BCUT2D eigenvalue weighted by Gasteiger charge is -2.19. The molecule has 0 saturated heterocycles. The van der Waals surface area contributed by atoms with Gasteiger partial charge < -0.3 is 0 Å². The molecule has 1 aromatic carbocycles. The van der Waals surface area contributed by atoms with Crippen LogP contribution in [0, 0.1) is 25.5 Å². The molecule has 2 heterocycles. The lowest BCUT2D eigenvalue weighted by atomic mass is 10.2. The van der Waals surface area contributed by atoms with Gasteiger partial charge in [0, 0.05) is 17.1 Å². The number of sulfonamides is 1. The van der Waals surface area contributed by atoms with Crippen molar-refractivity contribution in [3.8, 4) is 0 Å². The number of nitrogens with one attached hydrogen (secondary N) is 1. The van der Waals surface area contributed by atoms with E-state index in [0.29, 0.717) is 6.07 Å². The SMILES string of the molecule is Cc1cc(C)n(C(CNS(=O)(=O)c2ccc(F)c(F)c2)c2cccs2)n1. The first kappa shape index (κ1) is 18.7. The smallest absolute Gasteiger partial charge is 0.240 e. The van der Waals surface area contributed by atoms with E-state index in [9.17, 15) is 17.2 Å². The van der Waals surface area contributed by atoms with Crippen LogP contribution in [0.25, 0.3) is 0 Å². The molecule has 9 heteroatoms. The monoisotopic (exact) mass is 397 g/mol. The highest BCUT2D eigenvalue weighted by atomic mass is 32.2. The van der Waals surface area contributed by atoms with E-state index in [1.54, 1.807) is 4.68 Å². The lowest BCUT2D eigenvalue weighted by molar-refractivity contribution is 0.495. The van der Waals surface area contributed by atoms with E-state index in [1.165, 1.54) is 11.3 Å². The minimum atomic E-state index is -3.99. The van der Waals surface area contributed by atoms with Gasteiger partial charge in [0.25, 0.3) is 0 Å². The topological polar surface area (TPSA) is 64.0 Å². The minimum absolute atomic E-state index is 0.0315. The Bertz CT molecular complexity index is 1010. The molecule has 0 amide bonds. The number of rotatable bonds is 6. The third-order valence-electron chi connectivity index (χ3n) is 3.88. The van der Waals surface area contributed by atoms with E-state index < -0.39 is 21.7 Å². The molecule has 3 rings (SSSR count). The highest BCUT2D eigenvalue weighted by Gasteiger charge is 2.23. The van der Waals surface area contributed by atoms with E-state index in [-0.39, 0.29) is 17.5 Å². The lowest BCUT2D eigenvalue weighted by Crippen LogP contribution is -2.32. The third kappa shape index (κ3) is 3.84. The fourth-order valence-electron chi connectivity index (χ4n) is 2.67. The van der Waals surface area contributed by atoms with Gasteiger partial charge in [-0.25, -0.2) is 21.9 Å².